The Morgan fingerprint density at radius 3 is 1.76 bits per heavy atom. The third-order valence-corrected chi connectivity index (χ3v) is 17.8. The molecule has 0 aromatic heterocycles. The van der Waals surface area contributed by atoms with Crippen LogP contribution in [0.2, 0.25) is 0 Å². The SMILES string of the molecule is COC(=O)CNC(=O)[C@H](CSC(=O)CP(Br)(c1ccccc1)(c1ccccc1)c1ccccc1)NC(=O)CC[C@H](N)C(=O)OC. The van der Waals surface area contributed by atoms with Crippen molar-refractivity contribution < 1.29 is 33.4 Å². The zero-order valence-corrected chi connectivity index (χ0v) is 28.3. The first-order valence-corrected chi connectivity index (χ1v) is 19.5. The second kappa shape index (κ2) is 16.7. The van der Waals surface area contributed by atoms with Crippen molar-refractivity contribution in [1.82, 2.24) is 10.6 Å². The Labute approximate surface area is 274 Å². The van der Waals surface area contributed by atoms with Gasteiger partial charge in [-0.05, 0) is 0 Å². The molecule has 0 fully saturated rings. The van der Waals surface area contributed by atoms with E-state index in [1.807, 2.05) is 91.0 Å². The van der Waals surface area contributed by atoms with Gasteiger partial charge in [0, 0.05) is 0 Å². The molecule has 45 heavy (non-hydrogen) atoms. The van der Waals surface area contributed by atoms with Gasteiger partial charge in [0.2, 0.25) is 0 Å². The molecule has 0 aliphatic heterocycles. The quantitative estimate of drug-likeness (QED) is 0.159. The van der Waals surface area contributed by atoms with Crippen LogP contribution in [-0.4, -0.2) is 73.6 Å². The summed E-state index contributed by atoms with van der Waals surface area (Å²) >= 11 is 5.15. The Kier molecular flexibility index (Phi) is 13.3. The zero-order valence-electron chi connectivity index (χ0n) is 25.0. The number of benzene rings is 3. The second-order valence-corrected chi connectivity index (χ2v) is 20.1. The van der Waals surface area contributed by atoms with E-state index in [-0.39, 0.29) is 29.9 Å². The molecule has 0 saturated heterocycles. The molecule has 0 spiro atoms. The summed E-state index contributed by atoms with van der Waals surface area (Å²) in [5, 5.41) is 4.12. The molecule has 13 heteroatoms. The second-order valence-electron chi connectivity index (χ2n) is 10.1. The molecule has 0 saturated carbocycles. The third-order valence-electron chi connectivity index (χ3n) is 7.19. The van der Waals surface area contributed by atoms with Crippen molar-refractivity contribution in [2.75, 3.05) is 32.7 Å². The van der Waals surface area contributed by atoms with Crippen molar-refractivity contribution in [2.45, 2.75) is 24.9 Å². The number of amides is 2. The maximum atomic E-state index is 14.0. The van der Waals surface area contributed by atoms with Gasteiger partial charge in [-0.2, -0.15) is 0 Å². The van der Waals surface area contributed by atoms with E-state index in [1.54, 1.807) is 0 Å². The molecular weight excluding hydrogens is 681 g/mol. The van der Waals surface area contributed by atoms with Gasteiger partial charge in [0.1, 0.15) is 0 Å². The fourth-order valence-corrected chi connectivity index (χ4v) is 14.1. The van der Waals surface area contributed by atoms with E-state index >= 15 is 0 Å². The summed E-state index contributed by atoms with van der Waals surface area (Å²) in [6.07, 6.45) is -0.0962. The summed E-state index contributed by atoms with van der Waals surface area (Å²) < 4.78 is 9.18. The number of thioether (sulfide) groups is 1. The number of nitrogens with two attached hydrogens (primary N) is 1. The monoisotopic (exact) mass is 717 g/mol. The van der Waals surface area contributed by atoms with E-state index in [4.69, 9.17) is 5.73 Å². The van der Waals surface area contributed by atoms with Gasteiger partial charge in [0.25, 0.3) is 0 Å². The molecule has 0 heterocycles. The van der Waals surface area contributed by atoms with Gasteiger partial charge in [-0.15, -0.1) is 0 Å². The van der Waals surface area contributed by atoms with Gasteiger partial charge in [-0.1, -0.05) is 0 Å². The molecule has 10 nitrogen and oxygen atoms in total. The smallest absolute Gasteiger partial charge is 0.0806 e. The van der Waals surface area contributed by atoms with Gasteiger partial charge in [0.05, 0.1) is 7.11 Å². The van der Waals surface area contributed by atoms with Crippen LogP contribution in [0.4, 0.5) is 0 Å². The molecule has 0 radical (unpaired) electrons. The first kappa shape index (κ1) is 35.9. The number of carbonyl (C=O) groups excluding carboxylic acids is 5. The van der Waals surface area contributed by atoms with E-state index in [0.717, 1.165) is 27.7 Å². The first-order valence-electron chi connectivity index (χ1n) is 14.1. The molecule has 0 aliphatic rings. The van der Waals surface area contributed by atoms with Crippen molar-refractivity contribution >= 4 is 77.3 Å². The standard InChI is InChI=1S/C32H37BrN3O7PS/c1-42-29(38)20-35-31(40)27(36-28(37)19-18-26(34)32(41)43-2)22-45-30(39)21-44(33,23-12-6-3-7-13-23,24-14-8-4-9-15-24)25-16-10-5-11-17-25/h3-17,26-27H,18-22,34H2,1-2H3,(H,35,40)(H,36,37)/t26-,27-/m0/s1. The van der Waals surface area contributed by atoms with Crippen LogP contribution in [0.15, 0.2) is 91.0 Å². The van der Waals surface area contributed by atoms with Gasteiger partial charge < -0.3 is 0 Å². The average molecular weight is 719 g/mol. The molecule has 0 unspecified atom stereocenters. The molecule has 3 rings (SSSR count). The van der Waals surface area contributed by atoms with Gasteiger partial charge in [-0.25, -0.2) is 0 Å². The summed E-state index contributed by atoms with van der Waals surface area (Å²) in [5.41, 5.74) is 5.74. The number of carbonyl (C=O) groups is 5. The van der Waals surface area contributed by atoms with Crippen LogP contribution in [0.1, 0.15) is 12.8 Å². The fraction of sp³-hybridized carbons (Fsp3) is 0.281. The number of hydrogen-bond acceptors (Lipinski definition) is 9. The van der Waals surface area contributed by atoms with Crippen LogP contribution in [0, 0.1) is 0 Å². The summed E-state index contributed by atoms with van der Waals surface area (Å²) in [6.45, 7) is -0.415. The normalized spacial score (nSPS) is 13.3. The molecule has 0 aliphatic carbocycles. The number of halogens is 1. The number of rotatable bonds is 15. The van der Waals surface area contributed by atoms with Gasteiger partial charge >= 0.3 is 269 Å². The minimum absolute atomic E-state index is 0.00941. The molecule has 4 N–H and O–H groups in total. The minimum atomic E-state index is -3.58. The van der Waals surface area contributed by atoms with Crippen LogP contribution in [0.5, 0.6) is 0 Å². The van der Waals surface area contributed by atoms with Crippen LogP contribution in [-0.2, 0) is 33.4 Å². The van der Waals surface area contributed by atoms with Gasteiger partial charge in [-0.3, -0.25) is 0 Å². The Morgan fingerprint density at radius 1 is 0.822 bits per heavy atom. The van der Waals surface area contributed by atoms with Crippen molar-refractivity contribution in [3.8, 4) is 0 Å². The molecule has 0 bridgehead atoms. The number of ether oxygens (including phenoxy) is 2. The Morgan fingerprint density at radius 2 is 1.31 bits per heavy atom. The van der Waals surface area contributed by atoms with Crippen molar-refractivity contribution in [1.29, 1.82) is 0 Å². The number of methoxy groups -OCH3 is 2. The Hall–Kier alpha value is -3.57. The van der Waals surface area contributed by atoms with Crippen LogP contribution >= 0.6 is 32.6 Å². The van der Waals surface area contributed by atoms with E-state index in [2.05, 4.69) is 35.6 Å². The topological polar surface area (TPSA) is 154 Å². The zero-order chi connectivity index (χ0) is 32.9. The van der Waals surface area contributed by atoms with Crippen LogP contribution in [0.25, 0.3) is 0 Å². The van der Waals surface area contributed by atoms with Crippen LogP contribution < -0.4 is 32.3 Å². The summed E-state index contributed by atoms with van der Waals surface area (Å²) in [7, 11) is 2.38. The maximum absolute atomic E-state index is 14.0. The van der Waals surface area contributed by atoms with Crippen LogP contribution in [0.3, 0.4) is 0 Å². The van der Waals surface area contributed by atoms with E-state index < -0.39 is 47.7 Å². The molecule has 3 aromatic rings. The Bertz CT molecular complexity index is 1380. The molecule has 240 valence electrons. The first-order chi connectivity index (χ1) is 21.5. The van der Waals surface area contributed by atoms with E-state index in [0.29, 0.717) is 0 Å². The summed E-state index contributed by atoms with van der Waals surface area (Å²) in [6, 6.07) is 27.2. The summed E-state index contributed by atoms with van der Waals surface area (Å²) in [5.74, 6) is -2.68. The Balaban J connectivity index is 1.90. The molecular formula is C32H37BrN3O7PS. The summed E-state index contributed by atoms with van der Waals surface area (Å²) in [4.78, 5) is 63.1. The molecule has 2 atom stereocenters. The molecule has 3 aromatic carbocycles. The number of hydrogen-bond donors (Lipinski definition) is 3. The van der Waals surface area contributed by atoms with E-state index in [9.17, 15) is 24.0 Å². The number of esters is 2. The predicted molar refractivity (Wildman–Crippen MR) is 183 cm³/mol. The van der Waals surface area contributed by atoms with Crippen molar-refractivity contribution in [3.63, 3.8) is 0 Å². The third kappa shape index (κ3) is 9.00. The molecule has 2 amide bonds. The fourth-order valence-electron chi connectivity index (χ4n) is 4.76. The minimum Gasteiger partial charge on any atom is 0.0806 e. The number of nitrogens with one attached hydrogen (secondary N) is 2. The van der Waals surface area contributed by atoms with E-state index in [1.165, 1.54) is 14.2 Å². The predicted octanol–water partition coefficient (Wildman–Crippen LogP) is 2.14. The van der Waals surface area contributed by atoms with Crippen molar-refractivity contribution in [3.05, 3.63) is 91.0 Å². The van der Waals surface area contributed by atoms with Crippen molar-refractivity contribution in [2.24, 2.45) is 5.73 Å². The van der Waals surface area contributed by atoms with Gasteiger partial charge in [0.15, 0.2) is 0 Å². The average Bonchev–Trinajstić information content (AvgIpc) is 3.08.